The highest BCUT2D eigenvalue weighted by Crippen LogP contribution is 2.30. The van der Waals surface area contributed by atoms with Crippen LogP contribution in [0.15, 0.2) is 0 Å². The van der Waals surface area contributed by atoms with E-state index >= 15 is 0 Å². The topological polar surface area (TPSA) is 70.1 Å². The third kappa shape index (κ3) is 2.75. The Hall–Kier alpha value is -1.30. The lowest BCUT2D eigenvalue weighted by molar-refractivity contribution is -0.151. The maximum Gasteiger partial charge on any atom is 0.329 e. The number of hydrogen-bond donors (Lipinski definition) is 1. The summed E-state index contributed by atoms with van der Waals surface area (Å²) in [7, 11) is 1.69. The van der Waals surface area contributed by atoms with Crippen LogP contribution in [0.4, 0.5) is 4.79 Å². The summed E-state index contributed by atoms with van der Waals surface area (Å²) in [6.45, 7) is 3.48. The molecule has 2 fully saturated rings. The third-order valence-corrected chi connectivity index (χ3v) is 4.63. The van der Waals surface area contributed by atoms with E-state index in [1.54, 1.807) is 23.8 Å². The van der Waals surface area contributed by atoms with Gasteiger partial charge in [-0.1, -0.05) is 0 Å². The van der Waals surface area contributed by atoms with E-state index in [-0.39, 0.29) is 12.1 Å². The average molecular weight is 284 g/mol. The molecule has 0 aromatic heterocycles. The number of piperidine rings is 2. The fraction of sp³-hybridized carbons (Fsp3) is 0.857. The summed E-state index contributed by atoms with van der Waals surface area (Å²) in [6.07, 6.45) is 4.12. The van der Waals surface area contributed by atoms with Gasteiger partial charge in [0.05, 0.1) is 6.10 Å². The molecule has 0 radical (unpaired) electrons. The lowest BCUT2D eigenvalue weighted by atomic mass is 9.88. The summed E-state index contributed by atoms with van der Waals surface area (Å²) in [5, 5.41) is 9.46. The second kappa shape index (κ2) is 5.99. The lowest BCUT2D eigenvalue weighted by Gasteiger charge is -2.44. The molecule has 1 unspecified atom stereocenters. The first-order chi connectivity index (χ1) is 9.49. The number of ether oxygens (including phenoxy) is 1. The molecule has 1 atom stereocenters. The molecule has 0 saturated carbocycles. The van der Waals surface area contributed by atoms with Crippen LogP contribution in [0.1, 0.15) is 39.0 Å². The summed E-state index contributed by atoms with van der Waals surface area (Å²) in [6, 6.07) is -0.135. The van der Waals surface area contributed by atoms with Gasteiger partial charge < -0.3 is 19.6 Å². The number of aliphatic carboxylic acids is 1. The van der Waals surface area contributed by atoms with E-state index in [2.05, 4.69) is 0 Å². The number of carboxylic acid groups (broad SMARTS) is 1. The summed E-state index contributed by atoms with van der Waals surface area (Å²) >= 11 is 0. The van der Waals surface area contributed by atoms with Crippen molar-refractivity contribution >= 4 is 12.0 Å². The fourth-order valence-electron chi connectivity index (χ4n) is 3.10. The summed E-state index contributed by atoms with van der Waals surface area (Å²) in [4.78, 5) is 27.5. The van der Waals surface area contributed by atoms with Crippen LogP contribution >= 0.6 is 0 Å². The highest BCUT2D eigenvalue weighted by atomic mass is 16.5. The van der Waals surface area contributed by atoms with Gasteiger partial charge in [0, 0.05) is 26.7 Å². The Labute approximate surface area is 119 Å². The molecule has 2 saturated heterocycles. The summed E-state index contributed by atoms with van der Waals surface area (Å²) < 4.78 is 5.30. The van der Waals surface area contributed by atoms with Gasteiger partial charge >= 0.3 is 12.0 Å². The van der Waals surface area contributed by atoms with Crippen molar-refractivity contribution in [1.29, 1.82) is 0 Å². The SMILES string of the molecule is COC1CCN(C(=O)N2CCCCC2(C)C(=O)O)CC1. The van der Waals surface area contributed by atoms with Gasteiger partial charge in [0.2, 0.25) is 0 Å². The standard InChI is InChI=1S/C14H24N2O4/c1-14(12(17)18)7-3-4-8-16(14)13(19)15-9-5-11(20-2)6-10-15/h11H,3-10H2,1-2H3,(H,17,18). The van der Waals surface area contributed by atoms with Crippen LogP contribution in [0.25, 0.3) is 0 Å². The second-order valence-electron chi connectivity index (χ2n) is 5.89. The van der Waals surface area contributed by atoms with E-state index < -0.39 is 11.5 Å². The Kier molecular flexibility index (Phi) is 4.52. The van der Waals surface area contributed by atoms with E-state index in [1.165, 1.54) is 0 Å². The fourth-order valence-corrected chi connectivity index (χ4v) is 3.10. The van der Waals surface area contributed by atoms with Crippen LogP contribution in [0.3, 0.4) is 0 Å². The van der Waals surface area contributed by atoms with Crippen LogP contribution in [-0.4, -0.2) is 65.3 Å². The van der Waals surface area contributed by atoms with Crippen molar-refractivity contribution in [3.05, 3.63) is 0 Å². The van der Waals surface area contributed by atoms with Crippen molar-refractivity contribution < 1.29 is 19.4 Å². The number of methoxy groups -OCH3 is 1. The number of nitrogens with zero attached hydrogens (tertiary/aromatic N) is 2. The molecule has 2 aliphatic rings. The predicted molar refractivity (Wildman–Crippen MR) is 73.6 cm³/mol. The zero-order valence-electron chi connectivity index (χ0n) is 12.3. The number of amides is 2. The highest BCUT2D eigenvalue weighted by Gasteiger charge is 2.45. The quantitative estimate of drug-likeness (QED) is 0.835. The number of carboxylic acids is 1. The smallest absolute Gasteiger partial charge is 0.329 e. The molecule has 20 heavy (non-hydrogen) atoms. The van der Waals surface area contributed by atoms with Gasteiger partial charge in [-0.2, -0.15) is 0 Å². The van der Waals surface area contributed by atoms with Crippen LogP contribution in [-0.2, 0) is 9.53 Å². The van der Waals surface area contributed by atoms with Crippen molar-refractivity contribution in [3.63, 3.8) is 0 Å². The minimum atomic E-state index is -1.06. The number of rotatable bonds is 2. The van der Waals surface area contributed by atoms with Gasteiger partial charge in [-0.05, 0) is 39.0 Å². The Balaban J connectivity index is 2.05. The zero-order valence-corrected chi connectivity index (χ0v) is 12.3. The van der Waals surface area contributed by atoms with Crippen molar-refractivity contribution in [2.24, 2.45) is 0 Å². The molecule has 0 aromatic carbocycles. The first kappa shape index (κ1) is 15.1. The number of carbonyl (C=O) groups is 2. The van der Waals surface area contributed by atoms with Crippen LogP contribution in [0.2, 0.25) is 0 Å². The molecule has 2 rings (SSSR count). The second-order valence-corrected chi connectivity index (χ2v) is 5.89. The lowest BCUT2D eigenvalue weighted by Crippen LogP contribution is -2.61. The Morgan fingerprint density at radius 1 is 1.20 bits per heavy atom. The zero-order chi connectivity index (χ0) is 14.8. The number of carbonyl (C=O) groups excluding carboxylic acids is 1. The first-order valence-corrected chi connectivity index (χ1v) is 7.32. The number of likely N-dealkylation sites (tertiary alicyclic amines) is 2. The van der Waals surface area contributed by atoms with Crippen molar-refractivity contribution in [2.75, 3.05) is 26.7 Å². The first-order valence-electron chi connectivity index (χ1n) is 7.32. The Morgan fingerprint density at radius 2 is 1.85 bits per heavy atom. The Morgan fingerprint density at radius 3 is 2.40 bits per heavy atom. The molecule has 2 aliphatic heterocycles. The molecule has 0 spiro atoms. The maximum absolute atomic E-state index is 12.6. The van der Waals surface area contributed by atoms with Crippen molar-refractivity contribution in [3.8, 4) is 0 Å². The van der Waals surface area contributed by atoms with Gasteiger partial charge in [-0.15, -0.1) is 0 Å². The molecule has 2 heterocycles. The van der Waals surface area contributed by atoms with Crippen LogP contribution in [0, 0.1) is 0 Å². The molecule has 114 valence electrons. The predicted octanol–water partition coefficient (Wildman–Crippen LogP) is 1.55. The Bertz CT molecular complexity index is 379. The monoisotopic (exact) mass is 284 g/mol. The summed E-state index contributed by atoms with van der Waals surface area (Å²) in [5.74, 6) is -0.905. The van der Waals surface area contributed by atoms with E-state index in [0.717, 1.165) is 25.7 Å². The van der Waals surface area contributed by atoms with Gasteiger partial charge in [0.15, 0.2) is 0 Å². The molecule has 2 amide bonds. The third-order valence-electron chi connectivity index (χ3n) is 4.63. The van der Waals surface area contributed by atoms with Crippen LogP contribution in [0.5, 0.6) is 0 Å². The van der Waals surface area contributed by atoms with Gasteiger partial charge in [-0.3, -0.25) is 0 Å². The van der Waals surface area contributed by atoms with Gasteiger partial charge in [0.25, 0.3) is 0 Å². The number of hydrogen-bond acceptors (Lipinski definition) is 3. The van der Waals surface area contributed by atoms with E-state index in [9.17, 15) is 14.7 Å². The van der Waals surface area contributed by atoms with E-state index in [4.69, 9.17) is 4.74 Å². The molecule has 1 N–H and O–H groups in total. The largest absolute Gasteiger partial charge is 0.480 e. The maximum atomic E-state index is 12.6. The van der Waals surface area contributed by atoms with E-state index in [0.29, 0.717) is 26.1 Å². The number of urea groups is 1. The van der Waals surface area contributed by atoms with Crippen molar-refractivity contribution in [2.45, 2.75) is 50.7 Å². The average Bonchev–Trinajstić information content (AvgIpc) is 2.47. The van der Waals surface area contributed by atoms with Crippen LogP contribution < -0.4 is 0 Å². The summed E-state index contributed by atoms with van der Waals surface area (Å²) in [5.41, 5.74) is -1.06. The molecule has 0 aliphatic carbocycles. The molecular formula is C14H24N2O4. The molecule has 6 nitrogen and oxygen atoms in total. The van der Waals surface area contributed by atoms with Gasteiger partial charge in [0.1, 0.15) is 5.54 Å². The normalized spacial score (nSPS) is 28.5. The minimum Gasteiger partial charge on any atom is -0.480 e. The van der Waals surface area contributed by atoms with Crippen molar-refractivity contribution in [1.82, 2.24) is 9.80 Å². The molecule has 0 bridgehead atoms. The van der Waals surface area contributed by atoms with Gasteiger partial charge in [-0.25, -0.2) is 9.59 Å². The molecule has 6 heteroatoms. The molecular weight excluding hydrogens is 260 g/mol. The highest BCUT2D eigenvalue weighted by molar-refractivity contribution is 5.86. The minimum absolute atomic E-state index is 0.135. The molecule has 0 aromatic rings. The van der Waals surface area contributed by atoms with E-state index in [1.807, 2.05) is 0 Å².